The highest BCUT2D eigenvalue weighted by Gasteiger charge is 2.37. The Balaban J connectivity index is 1.89. The van der Waals surface area contributed by atoms with E-state index in [-0.39, 0.29) is 16.7 Å². The van der Waals surface area contributed by atoms with Gasteiger partial charge in [0.05, 0.1) is 15.6 Å². The van der Waals surface area contributed by atoms with Gasteiger partial charge in [-0.05, 0) is 38.0 Å². The van der Waals surface area contributed by atoms with Crippen molar-refractivity contribution in [3.63, 3.8) is 0 Å². The van der Waals surface area contributed by atoms with Crippen molar-refractivity contribution in [2.75, 3.05) is 11.9 Å². The second kappa shape index (κ2) is 5.49. The molecule has 2 heterocycles. The Kier molecular flexibility index (Phi) is 3.75. The molecule has 3 rings (SSSR count). The molecule has 6 nitrogen and oxygen atoms in total. The average Bonchev–Trinajstić information content (AvgIpc) is 2.78. The number of anilines is 1. The standard InChI is InChI=1S/C16H19N3O3S/c1-9-6-11-12(23-15(22)19(11)3)7-10(9)18-14(21)16(2)5-4-13(20)17-8-16/h6-7H,4-5,8H2,1-3H3,(H,17,20)(H,18,21). The summed E-state index contributed by atoms with van der Waals surface area (Å²) in [5, 5.41) is 5.71. The number of carbonyl (C=O) groups excluding carboxylic acids is 2. The molecule has 2 N–H and O–H groups in total. The van der Waals surface area contributed by atoms with Crippen LogP contribution in [-0.2, 0) is 16.6 Å². The SMILES string of the molecule is Cc1cc2c(cc1NC(=O)C1(C)CCC(=O)NC1)sc(=O)n2C. The van der Waals surface area contributed by atoms with Gasteiger partial charge in [0.25, 0.3) is 0 Å². The van der Waals surface area contributed by atoms with Crippen LogP contribution in [0, 0.1) is 12.3 Å². The number of rotatable bonds is 2. The quantitative estimate of drug-likeness (QED) is 0.879. The lowest BCUT2D eigenvalue weighted by atomic mass is 9.81. The number of benzene rings is 1. The molecule has 1 aromatic carbocycles. The molecule has 0 radical (unpaired) electrons. The molecule has 0 spiro atoms. The zero-order valence-electron chi connectivity index (χ0n) is 13.4. The van der Waals surface area contributed by atoms with Gasteiger partial charge in [0.1, 0.15) is 0 Å². The largest absolute Gasteiger partial charge is 0.355 e. The molecular formula is C16H19N3O3S. The van der Waals surface area contributed by atoms with E-state index in [1.54, 1.807) is 11.6 Å². The summed E-state index contributed by atoms with van der Waals surface area (Å²) in [6, 6.07) is 3.76. The average molecular weight is 333 g/mol. The molecule has 0 saturated carbocycles. The first kappa shape index (κ1) is 15.7. The molecule has 1 atom stereocenters. The predicted octanol–water partition coefficient (Wildman–Crippen LogP) is 1.76. The number of carbonyl (C=O) groups is 2. The number of hydrogen-bond donors (Lipinski definition) is 2. The summed E-state index contributed by atoms with van der Waals surface area (Å²) in [7, 11) is 1.74. The number of nitrogens with zero attached hydrogens (tertiary/aromatic N) is 1. The van der Waals surface area contributed by atoms with E-state index in [4.69, 9.17) is 0 Å². The van der Waals surface area contributed by atoms with Crippen molar-refractivity contribution >= 4 is 39.1 Å². The zero-order chi connectivity index (χ0) is 16.8. The van der Waals surface area contributed by atoms with Gasteiger partial charge in [-0.2, -0.15) is 0 Å². The van der Waals surface area contributed by atoms with Gasteiger partial charge in [-0.1, -0.05) is 11.3 Å². The van der Waals surface area contributed by atoms with Crippen molar-refractivity contribution in [3.8, 4) is 0 Å². The van der Waals surface area contributed by atoms with E-state index >= 15 is 0 Å². The van der Waals surface area contributed by atoms with Crippen LogP contribution in [0.4, 0.5) is 5.69 Å². The maximum Gasteiger partial charge on any atom is 0.307 e. The Hall–Kier alpha value is -2.15. The van der Waals surface area contributed by atoms with Crippen LogP contribution in [0.5, 0.6) is 0 Å². The van der Waals surface area contributed by atoms with E-state index < -0.39 is 5.41 Å². The number of amides is 2. The molecule has 2 amide bonds. The van der Waals surface area contributed by atoms with Crippen molar-refractivity contribution in [2.24, 2.45) is 12.5 Å². The highest BCUT2D eigenvalue weighted by atomic mass is 32.1. The van der Waals surface area contributed by atoms with E-state index in [1.165, 1.54) is 0 Å². The van der Waals surface area contributed by atoms with Gasteiger partial charge in [-0.25, -0.2) is 0 Å². The minimum absolute atomic E-state index is 0.0121. The molecule has 23 heavy (non-hydrogen) atoms. The first-order valence-electron chi connectivity index (χ1n) is 7.48. The number of aryl methyl sites for hydroxylation is 2. The molecule has 1 aromatic heterocycles. The van der Waals surface area contributed by atoms with E-state index in [2.05, 4.69) is 10.6 Å². The number of hydrogen-bond acceptors (Lipinski definition) is 4. The number of thiazole rings is 1. The van der Waals surface area contributed by atoms with Gasteiger partial charge in [-0.15, -0.1) is 0 Å². The summed E-state index contributed by atoms with van der Waals surface area (Å²) in [5.41, 5.74) is 1.87. The van der Waals surface area contributed by atoms with Gasteiger partial charge >= 0.3 is 4.87 Å². The van der Waals surface area contributed by atoms with Gasteiger partial charge in [-0.3, -0.25) is 14.4 Å². The molecular weight excluding hydrogens is 314 g/mol. The number of nitrogens with one attached hydrogen (secondary N) is 2. The van der Waals surface area contributed by atoms with Crippen molar-refractivity contribution in [3.05, 3.63) is 27.4 Å². The molecule has 122 valence electrons. The molecule has 7 heteroatoms. The van der Waals surface area contributed by atoms with Crippen LogP contribution in [0.1, 0.15) is 25.3 Å². The van der Waals surface area contributed by atoms with E-state index in [0.29, 0.717) is 25.1 Å². The lowest BCUT2D eigenvalue weighted by molar-refractivity contribution is -0.130. The van der Waals surface area contributed by atoms with Crippen LogP contribution in [0.3, 0.4) is 0 Å². The summed E-state index contributed by atoms with van der Waals surface area (Å²) in [6.07, 6.45) is 0.896. The highest BCUT2D eigenvalue weighted by molar-refractivity contribution is 7.16. The Morgan fingerprint density at radius 2 is 2.13 bits per heavy atom. The number of piperidine rings is 1. The topological polar surface area (TPSA) is 80.2 Å². The highest BCUT2D eigenvalue weighted by Crippen LogP contribution is 2.30. The third-order valence-corrected chi connectivity index (χ3v) is 5.51. The Bertz CT molecular complexity index is 855. The summed E-state index contributed by atoms with van der Waals surface area (Å²) in [4.78, 5) is 35.7. The molecule has 1 unspecified atom stereocenters. The Morgan fingerprint density at radius 1 is 1.39 bits per heavy atom. The molecule has 1 saturated heterocycles. The maximum absolute atomic E-state index is 12.6. The minimum Gasteiger partial charge on any atom is -0.355 e. The van der Waals surface area contributed by atoms with E-state index in [1.807, 2.05) is 26.0 Å². The fourth-order valence-corrected chi connectivity index (χ4v) is 3.64. The van der Waals surface area contributed by atoms with Crippen LogP contribution in [0.25, 0.3) is 10.2 Å². The van der Waals surface area contributed by atoms with Crippen LogP contribution in [0.15, 0.2) is 16.9 Å². The summed E-state index contributed by atoms with van der Waals surface area (Å²) in [5.74, 6) is -0.120. The van der Waals surface area contributed by atoms with Gasteiger partial charge in [0.2, 0.25) is 11.8 Å². The van der Waals surface area contributed by atoms with Crippen LogP contribution in [0.2, 0.25) is 0 Å². The Morgan fingerprint density at radius 3 is 2.78 bits per heavy atom. The lowest BCUT2D eigenvalue weighted by Crippen LogP contribution is -2.48. The fourth-order valence-electron chi connectivity index (χ4n) is 2.74. The van der Waals surface area contributed by atoms with E-state index in [9.17, 15) is 14.4 Å². The second-order valence-electron chi connectivity index (χ2n) is 6.35. The zero-order valence-corrected chi connectivity index (χ0v) is 14.2. The maximum atomic E-state index is 12.6. The normalized spacial score (nSPS) is 21.3. The van der Waals surface area contributed by atoms with Crippen molar-refractivity contribution in [1.82, 2.24) is 9.88 Å². The summed E-state index contributed by atoms with van der Waals surface area (Å²) < 4.78 is 2.46. The molecule has 0 aliphatic carbocycles. The number of fused-ring (bicyclic) bond motifs is 1. The molecule has 2 aromatic rings. The second-order valence-corrected chi connectivity index (χ2v) is 7.35. The summed E-state index contributed by atoms with van der Waals surface area (Å²) >= 11 is 1.16. The van der Waals surface area contributed by atoms with Crippen molar-refractivity contribution < 1.29 is 9.59 Å². The van der Waals surface area contributed by atoms with E-state index in [0.717, 1.165) is 27.1 Å². The molecule has 0 bridgehead atoms. The van der Waals surface area contributed by atoms with Crippen molar-refractivity contribution in [2.45, 2.75) is 26.7 Å². The fraction of sp³-hybridized carbons (Fsp3) is 0.438. The van der Waals surface area contributed by atoms with Gasteiger partial charge in [0, 0.05) is 25.7 Å². The predicted molar refractivity (Wildman–Crippen MR) is 90.8 cm³/mol. The molecule has 1 fully saturated rings. The monoisotopic (exact) mass is 333 g/mol. The lowest BCUT2D eigenvalue weighted by Gasteiger charge is -2.32. The third kappa shape index (κ3) is 2.76. The first-order chi connectivity index (χ1) is 10.8. The van der Waals surface area contributed by atoms with Gasteiger partial charge < -0.3 is 15.2 Å². The van der Waals surface area contributed by atoms with Crippen LogP contribution >= 0.6 is 11.3 Å². The van der Waals surface area contributed by atoms with Crippen LogP contribution in [-0.4, -0.2) is 22.9 Å². The van der Waals surface area contributed by atoms with Gasteiger partial charge in [0.15, 0.2) is 0 Å². The minimum atomic E-state index is -0.612. The summed E-state index contributed by atoms with van der Waals surface area (Å²) in [6.45, 7) is 4.11. The molecule has 1 aliphatic heterocycles. The smallest absolute Gasteiger partial charge is 0.307 e. The Labute approximate surface area is 137 Å². The number of aromatic nitrogens is 1. The van der Waals surface area contributed by atoms with Crippen molar-refractivity contribution in [1.29, 1.82) is 0 Å². The van der Waals surface area contributed by atoms with Crippen LogP contribution < -0.4 is 15.5 Å². The molecule has 1 aliphatic rings. The third-order valence-electron chi connectivity index (χ3n) is 4.51. The first-order valence-corrected chi connectivity index (χ1v) is 8.30.